The summed E-state index contributed by atoms with van der Waals surface area (Å²) in [6.45, 7) is 8.70. The van der Waals surface area contributed by atoms with Crippen molar-refractivity contribution in [1.82, 2.24) is 5.32 Å². The molecule has 8 nitrogen and oxygen atoms in total. The molecule has 42 heavy (non-hydrogen) atoms. The largest absolute Gasteiger partial charge is 0.481 e. The van der Waals surface area contributed by atoms with Crippen LogP contribution in [-0.2, 0) is 15.0 Å². The number of nitrogens with zero attached hydrogens (tertiary/aromatic N) is 2. The lowest BCUT2D eigenvalue weighted by Crippen LogP contribution is -2.33. The number of carbonyl (C=O) groups is 3. The summed E-state index contributed by atoms with van der Waals surface area (Å²) in [6, 6.07) is 23.7. The van der Waals surface area contributed by atoms with Gasteiger partial charge in [0, 0.05) is 11.3 Å². The Bertz CT molecular complexity index is 1420. The topological polar surface area (TPSA) is 100 Å². The third-order valence-corrected chi connectivity index (χ3v) is 7.59. The molecule has 4 rings (SSSR count). The minimum absolute atomic E-state index is 0.00917. The molecule has 0 bridgehead atoms. The first-order valence-corrected chi connectivity index (χ1v) is 14.6. The number of ether oxygens (including phenoxy) is 1. The van der Waals surface area contributed by atoms with E-state index in [2.05, 4.69) is 55.6 Å². The van der Waals surface area contributed by atoms with Crippen LogP contribution in [0.1, 0.15) is 82.1 Å². The molecule has 0 fully saturated rings. The van der Waals surface area contributed by atoms with Crippen molar-refractivity contribution in [1.29, 1.82) is 0 Å². The molecule has 0 aliphatic carbocycles. The Morgan fingerprint density at radius 2 is 1.69 bits per heavy atom. The van der Waals surface area contributed by atoms with Crippen LogP contribution in [0.15, 0.2) is 84.0 Å². The molecule has 3 amide bonds. The Balaban J connectivity index is 1.42. The maximum absolute atomic E-state index is 13.4. The molecule has 0 radical (unpaired) electrons. The summed E-state index contributed by atoms with van der Waals surface area (Å²) in [5, 5.41) is 11.2. The van der Waals surface area contributed by atoms with Gasteiger partial charge in [-0.1, -0.05) is 76.9 Å². The number of nitrogens with one attached hydrogen (secondary N) is 2. The summed E-state index contributed by atoms with van der Waals surface area (Å²) in [7, 11) is 0. The average Bonchev–Trinajstić information content (AvgIpc) is 3.37. The van der Waals surface area contributed by atoms with Gasteiger partial charge in [-0.2, -0.15) is 10.1 Å². The van der Waals surface area contributed by atoms with E-state index >= 15 is 0 Å². The molecule has 220 valence electrons. The van der Waals surface area contributed by atoms with Crippen molar-refractivity contribution in [2.45, 2.75) is 77.7 Å². The van der Waals surface area contributed by atoms with E-state index in [-0.39, 0.29) is 29.5 Å². The number of rotatable bonds is 12. The summed E-state index contributed by atoms with van der Waals surface area (Å²) in [5.41, 5.74) is 2.73. The minimum atomic E-state index is -0.679. The predicted octanol–water partition coefficient (Wildman–Crippen LogP) is 6.82. The second-order valence-corrected chi connectivity index (χ2v) is 11.2. The quantitative estimate of drug-likeness (QED) is 0.234. The Labute approximate surface area is 248 Å². The van der Waals surface area contributed by atoms with Crippen LogP contribution in [0.2, 0.25) is 0 Å². The highest BCUT2D eigenvalue weighted by Gasteiger charge is 2.27. The van der Waals surface area contributed by atoms with Crippen LogP contribution in [0.3, 0.4) is 0 Å². The molecule has 2 N–H and O–H groups in total. The molecule has 1 heterocycles. The van der Waals surface area contributed by atoms with Crippen LogP contribution in [0, 0.1) is 0 Å². The SMILES string of the molecule is CCCCC[C@H](Oc1ccc(C(C)(C)CC)cc1)C(=O)Nc1cccc(C(=O)NC2=NN(c3ccccc3)C(=O)C2)c1. The monoisotopic (exact) mass is 568 g/mol. The van der Waals surface area contributed by atoms with Gasteiger partial charge in [0.15, 0.2) is 6.10 Å². The second-order valence-electron chi connectivity index (χ2n) is 11.2. The van der Waals surface area contributed by atoms with Crippen molar-refractivity contribution in [3.63, 3.8) is 0 Å². The highest BCUT2D eigenvalue weighted by molar-refractivity contribution is 6.18. The van der Waals surface area contributed by atoms with Crippen LogP contribution >= 0.6 is 0 Å². The zero-order valence-corrected chi connectivity index (χ0v) is 24.9. The van der Waals surface area contributed by atoms with Crippen molar-refractivity contribution in [3.8, 4) is 5.75 Å². The molecule has 0 saturated heterocycles. The normalized spacial score (nSPS) is 13.9. The van der Waals surface area contributed by atoms with Gasteiger partial charge in [-0.3, -0.25) is 14.4 Å². The van der Waals surface area contributed by atoms with Crippen LogP contribution in [0.5, 0.6) is 5.75 Å². The first-order chi connectivity index (χ1) is 20.2. The van der Waals surface area contributed by atoms with Gasteiger partial charge < -0.3 is 15.4 Å². The molecule has 0 unspecified atom stereocenters. The molecule has 3 aromatic carbocycles. The Kier molecular flexibility index (Phi) is 10.1. The predicted molar refractivity (Wildman–Crippen MR) is 167 cm³/mol. The van der Waals surface area contributed by atoms with Gasteiger partial charge in [-0.05, 0) is 72.7 Å². The van der Waals surface area contributed by atoms with Gasteiger partial charge in [-0.25, -0.2) is 0 Å². The molecular formula is C34H40N4O4. The zero-order valence-electron chi connectivity index (χ0n) is 24.9. The molecule has 8 heteroatoms. The van der Waals surface area contributed by atoms with Gasteiger partial charge >= 0.3 is 0 Å². The lowest BCUT2D eigenvalue weighted by atomic mass is 9.82. The fourth-order valence-corrected chi connectivity index (χ4v) is 4.61. The van der Waals surface area contributed by atoms with Gasteiger partial charge in [0.25, 0.3) is 17.7 Å². The maximum atomic E-state index is 13.4. The summed E-state index contributed by atoms with van der Waals surface area (Å²) in [6.07, 6.45) is 3.80. The number of para-hydroxylation sites is 1. The number of anilines is 2. The Morgan fingerprint density at radius 3 is 2.38 bits per heavy atom. The molecule has 1 atom stereocenters. The fraction of sp³-hybridized carbons (Fsp3) is 0.353. The molecule has 0 spiro atoms. The third kappa shape index (κ3) is 7.84. The summed E-state index contributed by atoms with van der Waals surface area (Å²) < 4.78 is 6.18. The van der Waals surface area contributed by atoms with Crippen molar-refractivity contribution >= 4 is 34.9 Å². The lowest BCUT2D eigenvalue weighted by molar-refractivity contribution is -0.123. The van der Waals surface area contributed by atoms with E-state index in [4.69, 9.17) is 4.74 Å². The number of amides is 3. The van der Waals surface area contributed by atoms with E-state index in [9.17, 15) is 14.4 Å². The van der Waals surface area contributed by atoms with E-state index in [1.807, 2.05) is 30.3 Å². The van der Waals surface area contributed by atoms with Crippen LogP contribution < -0.4 is 20.4 Å². The number of carbonyl (C=O) groups excluding carboxylic acids is 3. The molecule has 3 aromatic rings. The van der Waals surface area contributed by atoms with Gasteiger partial charge in [0.1, 0.15) is 11.6 Å². The smallest absolute Gasteiger partial charge is 0.265 e. The lowest BCUT2D eigenvalue weighted by Gasteiger charge is -2.24. The highest BCUT2D eigenvalue weighted by atomic mass is 16.5. The van der Waals surface area contributed by atoms with Crippen molar-refractivity contribution in [2.75, 3.05) is 10.3 Å². The molecule has 0 aromatic heterocycles. The van der Waals surface area contributed by atoms with Crippen molar-refractivity contribution < 1.29 is 19.1 Å². The average molecular weight is 569 g/mol. The summed E-state index contributed by atoms with van der Waals surface area (Å²) in [4.78, 5) is 38.8. The Hall–Kier alpha value is -4.46. The van der Waals surface area contributed by atoms with E-state index < -0.39 is 12.0 Å². The van der Waals surface area contributed by atoms with Gasteiger partial charge in [0.05, 0.1) is 12.1 Å². The number of hydrogen-bond donors (Lipinski definition) is 2. The van der Waals surface area contributed by atoms with Crippen molar-refractivity contribution in [3.05, 3.63) is 90.0 Å². The molecule has 0 saturated carbocycles. The zero-order chi connectivity index (χ0) is 30.1. The highest BCUT2D eigenvalue weighted by Crippen LogP contribution is 2.29. The maximum Gasteiger partial charge on any atom is 0.265 e. The van der Waals surface area contributed by atoms with E-state index in [1.165, 1.54) is 10.6 Å². The summed E-state index contributed by atoms with van der Waals surface area (Å²) in [5.74, 6) is -0.00692. The molecule has 1 aliphatic heterocycles. The fourth-order valence-electron chi connectivity index (χ4n) is 4.61. The van der Waals surface area contributed by atoms with Gasteiger partial charge in [0.2, 0.25) is 0 Å². The van der Waals surface area contributed by atoms with Crippen molar-refractivity contribution in [2.24, 2.45) is 5.10 Å². The first kappa shape index (κ1) is 30.5. The van der Waals surface area contributed by atoms with Crippen LogP contribution in [0.4, 0.5) is 11.4 Å². The van der Waals surface area contributed by atoms with E-state index in [0.717, 1.165) is 25.7 Å². The first-order valence-electron chi connectivity index (χ1n) is 14.6. The van der Waals surface area contributed by atoms with Crippen LogP contribution in [0.25, 0.3) is 0 Å². The number of hydrazone groups is 1. The van der Waals surface area contributed by atoms with Gasteiger partial charge in [-0.15, -0.1) is 0 Å². The van der Waals surface area contributed by atoms with E-state index in [0.29, 0.717) is 29.1 Å². The summed E-state index contributed by atoms with van der Waals surface area (Å²) >= 11 is 0. The third-order valence-electron chi connectivity index (χ3n) is 7.59. The Morgan fingerprint density at radius 1 is 0.952 bits per heavy atom. The second kappa shape index (κ2) is 13.9. The number of hydrogen-bond acceptors (Lipinski definition) is 5. The van der Waals surface area contributed by atoms with Crippen LogP contribution in [-0.4, -0.2) is 29.7 Å². The number of amidine groups is 1. The number of benzene rings is 3. The standard InChI is InChI=1S/C34H40N4O4/c1-5-7-9-17-29(42-28-20-18-25(19-21-28)34(3,4)6-2)33(41)35-26-14-12-13-24(22-26)32(40)36-30-23-31(39)38(37-30)27-15-10-8-11-16-27/h8,10-16,18-22,29H,5-7,9,17,23H2,1-4H3,(H,35,41)(H,36,37,40)/t29-/m0/s1. The molecule has 1 aliphatic rings. The number of unbranched alkanes of at least 4 members (excludes halogenated alkanes) is 2. The minimum Gasteiger partial charge on any atom is -0.481 e. The molecular weight excluding hydrogens is 528 g/mol. The van der Waals surface area contributed by atoms with E-state index in [1.54, 1.807) is 36.4 Å².